The molecule has 0 aliphatic rings. The first kappa shape index (κ1) is 40.4. The van der Waals surface area contributed by atoms with Crippen LogP contribution >= 0.6 is 0 Å². The number of benzene rings is 4. The van der Waals surface area contributed by atoms with Gasteiger partial charge < -0.3 is 29.8 Å². The molecular formula is C32H22CoN10NaO8. The number of rotatable bonds is 8. The Morgan fingerprint density at radius 1 is 0.577 bits per heavy atom. The van der Waals surface area contributed by atoms with Gasteiger partial charge in [0.2, 0.25) is 0 Å². The first-order valence-electron chi connectivity index (χ1n) is 14.3. The van der Waals surface area contributed by atoms with Crippen molar-refractivity contribution in [1.29, 1.82) is 0 Å². The van der Waals surface area contributed by atoms with Crippen molar-refractivity contribution in [2.24, 2.45) is 20.5 Å². The molecule has 6 aromatic rings. The molecule has 0 unspecified atom stereocenters. The molecule has 4 aromatic carbocycles. The van der Waals surface area contributed by atoms with E-state index in [9.17, 15) is 40.0 Å². The van der Waals surface area contributed by atoms with Crippen molar-refractivity contribution in [3.8, 4) is 22.9 Å². The van der Waals surface area contributed by atoms with Gasteiger partial charge in [-0.15, -0.1) is 21.6 Å². The standard InChI is InChI=1S/2C16H13N5O4.Co.Na/c2*1-10-15(16(23)20(19-10)11-5-3-2-4-6-11)18-17-13-9-12(21(24)25)7-8-14(13)22;;/h2*2-9H,1H3,(H2,17,18,19,22,23);;/q;;+3;+1/p-4. The van der Waals surface area contributed by atoms with Crippen molar-refractivity contribution < 1.29 is 66.4 Å². The summed E-state index contributed by atoms with van der Waals surface area (Å²) in [6.07, 6.45) is 0. The van der Waals surface area contributed by atoms with Crippen molar-refractivity contribution in [3.05, 3.63) is 149 Å². The van der Waals surface area contributed by atoms with Crippen LogP contribution in [0.1, 0.15) is 11.4 Å². The summed E-state index contributed by atoms with van der Waals surface area (Å²) in [7, 11) is 0. The number of non-ortho nitro benzene ring substituents is 2. The van der Waals surface area contributed by atoms with Crippen LogP contribution in [0.5, 0.6) is 11.5 Å². The largest absolute Gasteiger partial charge is 3.00 e. The Kier molecular flexibility index (Phi) is 13.8. The number of nitrogens with zero attached hydrogens (tertiary/aromatic N) is 10. The molecule has 0 amide bonds. The van der Waals surface area contributed by atoms with Gasteiger partial charge >= 0.3 is 46.3 Å². The van der Waals surface area contributed by atoms with Crippen molar-refractivity contribution in [3.63, 3.8) is 0 Å². The molecule has 18 nitrogen and oxygen atoms in total. The zero-order valence-corrected chi connectivity index (χ0v) is 30.4. The van der Waals surface area contributed by atoms with Crippen LogP contribution in [0.15, 0.2) is 127 Å². The van der Waals surface area contributed by atoms with Gasteiger partial charge in [-0.1, -0.05) is 73.9 Å². The van der Waals surface area contributed by atoms with Crippen LogP contribution < -0.4 is 61.1 Å². The Morgan fingerprint density at radius 2 is 0.923 bits per heavy atom. The first-order valence-corrected chi connectivity index (χ1v) is 14.3. The van der Waals surface area contributed by atoms with E-state index in [0.717, 1.165) is 36.4 Å². The number of nitro groups is 2. The molecule has 0 aliphatic heterocycles. The predicted octanol–water partition coefficient (Wildman–Crippen LogP) is 2.00. The quantitative estimate of drug-likeness (QED) is 0.0945. The molecule has 0 radical (unpaired) electrons. The second kappa shape index (κ2) is 17.8. The molecule has 0 bridgehead atoms. The molecule has 52 heavy (non-hydrogen) atoms. The zero-order chi connectivity index (χ0) is 35.9. The van der Waals surface area contributed by atoms with E-state index in [1.54, 1.807) is 62.4 Å². The van der Waals surface area contributed by atoms with Crippen LogP contribution in [-0.4, -0.2) is 19.2 Å². The molecule has 0 saturated heterocycles. The maximum Gasteiger partial charge on any atom is 3.00 e. The normalized spacial score (nSPS) is 10.7. The van der Waals surface area contributed by atoms with E-state index < -0.39 is 32.5 Å². The number of aromatic nitrogens is 4. The van der Waals surface area contributed by atoms with Crippen molar-refractivity contribution in [2.45, 2.75) is 13.8 Å². The SMILES string of the molecule is Cc1[n-]n(-c2ccccc2)c(=O)c1N=Nc1cc([N+](=O)[O-])ccc1[O-].Cc1[n-]n(-c2ccccc2)c(=O)c1N=Nc1cc([N+](=O)[O-])ccc1[O-].[Co+3].[Na+]. The summed E-state index contributed by atoms with van der Waals surface area (Å²) in [6.45, 7) is 3.17. The van der Waals surface area contributed by atoms with Gasteiger partial charge in [0.05, 0.1) is 21.2 Å². The maximum absolute atomic E-state index is 12.4. The Balaban J connectivity index is 0.000000270. The topological polar surface area (TPSA) is 254 Å². The Labute approximate surface area is 325 Å². The molecule has 0 fully saturated rings. The van der Waals surface area contributed by atoms with Gasteiger partial charge in [0.15, 0.2) is 0 Å². The van der Waals surface area contributed by atoms with Gasteiger partial charge in [0.25, 0.3) is 22.5 Å². The third-order valence-electron chi connectivity index (χ3n) is 6.80. The van der Waals surface area contributed by atoms with Gasteiger partial charge in [-0.2, -0.15) is 10.2 Å². The minimum atomic E-state index is -0.643. The summed E-state index contributed by atoms with van der Waals surface area (Å²) in [5.41, 5.74) is -0.277. The molecule has 0 spiro atoms. The summed E-state index contributed by atoms with van der Waals surface area (Å²) < 4.78 is 2.35. The van der Waals surface area contributed by atoms with Crippen LogP contribution in [-0.2, 0) is 16.8 Å². The van der Waals surface area contributed by atoms with Gasteiger partial charge in [0.1, 0.15) is 11.4 Å². The zero-order valence-electron chi connectivity index (χ0n) is 27.3. The maximum atomic E-state index is 12.4. The molecular weight excluding hydrogens is 734 g/mol. The van der Waals surface area contributed by atoms with E-state index in [-0.39, 0.29) is 80.5 Å². The minimum Gasteiger partial charge on any atom is -0.871 e. The summed E-state index contributed by atoms with van der Waals surface area (Å²) in [6, 6.07) is 23.8. The Morgan fingerprint density at radius 3 is 1.25 bits per heavy atom. The smallest absolute Gasteiger partial charge is 0.871 e. The van der Waals surface area contributed by atoms with E-state index >= 15 is 0 Å². The number of hydrogen-bond donors (Lipinski definition) is 0. The average molecular weight is 757 g/mol. The van der Waals surface area contributed by atoms with Crippen molar-refractivity contribution in [1.82, 2.24) is 19.6 Å². The average Bonchev–Trinajstić information content (AvgIpc) is 3.56. The summed E-state index contributed by atoms with van der Waals surface area (Å²) in [4.78, 5) is 45.1. The Bertz CT molecular complexity index is 2220. The molecule has 0 N–H and O–H groups in total. The van der Waals surface area contributed by atoms with E-state index in [1.807, 2.05) is 12.1 Å². The van der Waals surface area contributed by atoms with Crippen LogP contribution in [0, 0.1) is 34.1 Å². The van der Waals surface area contributed by atoms with E-state index in [4.69, 9.17) is 0 Å². The first-order chi connectivity index (χ1) is 23.9. The fraction of sp³-hybridized carbons (Fsp3) is 0.0625. The molecule has 0 aliphatic carbocycles. The van der Waals surface area contributed by atoms with Gasteiger partial charge in [-0.25, -0.2) is 0 Å². The minimum absolute atomic E-state index is 0. The van der Waals surface area contributed by atoms with E-state index in [2.05, 4.69) is 30.7 Å². The number of azo groups is 2. The van der Waals surface area contributed by atoms with Crippen LogP contribution in [0.4, 0.5) is 34.1 Å². The van der Waals surface area contributed by atoms with E-state index in [0.29, 0.717) is 22.8 Å². The molecule has 0 saturated carbocycles. The van der Waals surface area contributed by atoms with Gasteiger partial charge in [-0.3, -0.25) is 29.8 Å². The third kappa shape index (κ3) is 9.21. The van der Waals surface area contributed by atoms with E-state index in [1.165, 1.54) is 9.36 Å². The second-order valence-electron chi connectivity index (χ2n) is 10.2. The molecule has 20 heteroatoms. The van der Waals surface area contributed by atoms with Crippen LogP contribution in [0.2, 0.25) is 0 Å². The van der Waals surface area contributed by atoms with Gasteiger partial charge in [-0.05, 0) is 24.3 Å². The van der Waals surface area contributed by atoms with Gasteiger partial charge in [0, 0.05) is 35.6 Å². The Hall–Kier alpha value is -5.99. The monoisotopic (exact) mass is 756 g/mol. The molecule has 2 heterocycles. The summed E-state index contributed by atoms with van der Waals surface area (Å²) in [5.74, 6) is -1.06. The van der Waals surface area contributed by atoms with Crippen molar-refractivity contribution >= 4 is 34.1 Å². The number of para-hydroxylation sites is 2. The number of aryl methyl sites for hydroxylation is 2. The van der Waals surface area contributed by atoms with Crippen LogP contribution in [0.3, 0.4) is 0 Å². The fourth-order valence-corrected chi connectivity index (χ4v) is 4.32. The third-order valence-corrected chi connectivity index (χ3v) is 6.80. The predicted molar refractivity (Wildman–Crippen MR) is 174 cm³/mol. The summed E-state index contributed by atoms with van der Waals surface area (Å²) >= 11 is 0. The fourth-order valence-electron chi connectivity index (χ4n) is 4.32. The molecule has 2 aromatic heterocycles. The van der Waals surface area contributed by atoms with Crippen LogP contribution in [0.25, 0.3) is 11.4 Å². The summed E-state index contributed by atoms with van der Waals surface area (Å²) in [5, 5.41) is 68.3. The number of nitro benzene ring substituents is 2. The second-order valence-corrected chi connectivity index (χ2v) is 10.2. The molecule has 258 valence electrons. The number of hydrogen-bond acceptors (Lipinski definition) is 12. The van der Waals surface area contributed by atoms with Crippen molar-refractivity contribution in [2.75, 3.05) is 0 Å². The molecule has 0 atom stereocenters. The molecule has 6 rings (SSSR count).